The van der Waals surface area contributed by atoms with E-state index < -0.39 is 0 Å². The summed E-state index contributed by atoms with van der Waals surface area (Å²) in [6.07, 6.45) is 13.0. The van der Waals surface area contributed by atoms with E-state index in [0.29, 0.717) is 29.9 Å². The monoisotopic (exact) mass is 528 g/mol. The van der Waals surface area contributed by atoms with Gasteiger partial charge in [-0.15, -0.1) is 0 Å². The number of hydrogen-bond donors (Lipinski definition) is 3. The third-order valence-corrected chi connectivity index (χ3v) is 9.40. The lowest BCUT2D eigenvalue weighted by Gasteiger charge is -2.44. The highest BCUT2D eigenvalue weighted by Gasteiger charge is 2.55. The molecule has 39 heavy (non-hydrogen) atoms. The zero-order valence-corrected chi connectivity index (χ0v) is 22.7. The number of pyridine rings is 1. The Morgan fingerprint density at radius 2 is 2.00 bits per heavy atom. The van der Waals surface area contributed by atoms with Gasteiger partial charge in [-0.25, -0.2) is 9.97 Å². The van der Waals surface area contributed by atoms with Gasteiger partial charge in [0.2, 0.25) is 11.9 Å². The fourth-order valence-electron chi connectivity index (χ4n) is 7.69. The fraction of sp³-hybridized carbons (Fsp3) is 0.552. The lowest BCUT2D eigenvalue weighted by molar-refractivity contribution is -0.119. The van der Waals surface area contributed by atoms with Crippen LogP contribution >= 0.6 is 0 Å². The first kappa shape index (κ1) is 24.5. The number of rotatable bonds is 5. The summed E-state index contributed by atoms with van der Waals surface area (Å²) in [6.45, 7) is 0.781. The van der Waals surface area contributed by atoms with Crippen molar-refractivity contribution < 1.29 is 9.59 Å². The van der Waals surface area contributed by atoms with E-state index in [0.717, 1.165) is 68.9 Å². The average molecular weight is 529 g/mol. The highest BCUT2D eigenvalue weighted by Crippen LogP contribution is 2.53. The molecule has 3 aromatic heterocycles. The van der Waals surface area contributed by atoms with Gasteiger partial charge >= 0.3 is 0 Å². The quantitative estimate of drug-likeness (QED) is 0.463. The molecule has 0 radical (unpaired) electrons. The van der Waals surface area contributed by atoms with E-state index in [-0.39, 0.29) is 28.8 Å². The molecule has 4 fully saturated rings. The molecule has 1 saturated carbocycles. The number of carbonyl (C=O) groups excluding carboxylic acids is 2. The Hall–Kier alpha value is -3.53. The van der Waals surface area contributed by atoms with E-state index in [1.54, 1.807) is 25.2 Å². The topological polar surface area (TPSA) is 117 Å². The molecule has 3 aromatic rings. The number of hydrogen-bond acceptors (Lipinski definition) is 7. The normalized spacial score (nSPS) is 28.4. The molecule has 3 unspecified atom stereocenters. The molecule has 1 aliphatic carbocycles. The third kappa shape index (κ3) is 4.16. The number of nitrogens with one attached hydrogen (secondary N) is 3. The average Bonchev–Trinajstić information content (AvgIpc) is 3.70. The second-order valence-corrected chi connectivity index (χ2v) is 12.4. The van der Waals surface area contributed by atoms with Crippen LogP contribution in [0.3, 0.4) is 0 Å². The van der Waals surface area contributed by atoms with Crippen molar-refractivity contribution in [3.8, 4) is 0 Å². The molecule has 10 nitrogen and oxygen atoms in total. The lowest BCUT2D eigenvalue weighted by atomic mass is 9.68. The maximum atomic E-state index is 13.0. The molecule has 3 atom stereocenters. The van der Waals surface area contributed by atoms with Crippen LogP contribution in [-0.2, 0) is 10.3 Å². The van der Waals surface area contributed by atoms with Gasteiger partial charge in [0.25, 0.3) is 5.91 Å². The van der Waals surface area contributed by atoms with Gasteiger partial charge in [0.15, 0.2) is 0 Å². The van der Waals surface area contributed by atoms with E-state index in [1.807, 2.05) is 18.3 Å². The molecule has 204 valence electrons. The molecule has 7 rings (SSSR count). The van der Waals surface area contributed by atoms with Gasteiger partial charge in [-0.1, -0.05) is 18.9 Å². The standard InChI is InChI=1S/C29H36N8O2/c1-36(2)26(39)22-11-18-14-31-27(34-25(18)37(22)21-5-3-4-6-21)33-23-8-7-19(15-30-23)29-10-9-20(35-29)12-28(16-29)13-24(38)32-17-28/h7-8,11,14-15,20-21,35H,3-6,9-10,12-13,16-17H2,1-2H3,(H,32,38)(H,30,31,33,34). The molecule has 0 aromatic carbocycles. The Bertz CT molecular complexity index is 1440. The van der Waals surface area contributed by atoms with Crippen molar-refractivity contribution in [2.24, 2.45) is 5.41 Å². The molecule has 3 aliphatic heterocycles. The number of piperidine rings is 1. The number of anilines is 2. The van der Waals surface area contributed by atoms with Crippen molar-refractivity contribution in [3.05, 3.63) is 41.9 Å². The highest BCUT2D eigenvalue weighted by molar-refractivity contribution is 5.98. The summed E-state index contributed by atoms with van der Waals surface area (Å²) >= 11 is 0. The number of carbonyl (C=O) groups is 2. The van der Waals surface area contributed by atoms with Crippen LogP contribution < -0.4 is 16.0 Å². The minimum absolute atomic E-state index is 0.0176. The van der Waals surface area contributed by atoms with Crippen LogP contribution in [0.2, 0.25) is 0 Å². The largest absolute Gasteiger partial charge is 0.356 e. The fourth-order valence-corrected chi connectivity index (χ4v) is 7.69. The number of amides is 2. The van der Waals surface area contributed by atoms with Gasteiger partial charge < -0.3 is 25.4 Å². The minimum atomic E-state index is -0.131. The molecule has 3 saturated heterocycles. The predicted octanol–water partition coefficient (Wildman–Crippen LogP) is 3.63. The van der Waals surface area contributed by atoms with Crippen LogP contribution in [0.25, 0.3) is 11.0 Å². The molecule has 2 bridgehead atoms. The first-order valence-corrected chi connectivity index (χ1v) is 14.2. The molecule has 6 heterocycles. The van der Waals surface area contributed by atoms with E-state index in [4.69, 9.17) is 9.97 Å². The van der Waals surface area contributed by atoms with Gasteiger partial charge in [-0.05, 0) is 61.6 Å². The first-order chi connectivity index (χ1) is 18.8. The van der Waals surface area contributed by atoms with Crippen molar-refractivity contribution >= 4 is 34.6 Å². The minimum Gasteiger partial charge on any atom is -0.356 e. The molecule has 3 N–H and O–H groups in total. The molecule has 2 amide bonds. The van der Waals surface area contributed by atoms with Crippen molar-refractivity contribution in [3.63, 3.8) is 0 Å². The summed E-state index contributed by atoms with van der Waals surface area (Å²) < 4.78 is 2.12. The van der Waals surface area contributed by atoms with Gasteiger partial charge in [-0.2, -0.15) is 4.98 Å². The van der Waals surface area contributed by atoms with Gasteiger partial charge in [0.05, 0.1) is 0 Å². The second kappa shape index (κ2) is 9.01. The van der Waals surface area contributed by atoms with Crippen LogP contribution in [0.15, 0.2) is 30.6 Å². The Balaban J connectivity index is 1.16. The van der Waals surface area contributed by atoms with Crippen LogP contribution in [0, 0.1) is 5.41 Å². The molecule has 4 aliphatic rings. The van der Waals surface area contributed by atoms with E-state index in [2.05, 4.69) is 31.6 Å². The summed E-state index contributed by atoms with van der Waals surface area (Å²) in [6, 6.07) is 6.76. The lowest BCUT2D eigenvalue weighted by Crippen LogP contribution is -2.52. The molecular formula is C29H36N8O2. The number of fused-ring (bicyclic) bond motifs is 3. The smallest absolute Gasteiger partial charge is 0.270 e. The summed E-state index contributed by atoms with van der Waals surface area (Å²) in [5.41, 5.74) is 2.54. The highest BCUT2D eigenvalue weighted by atomic mass is 16.2. The zero-order valence-electron chi connectivity index (χ0n) is 22.7. The second-order valence-electron chi connectivity index (χ2n) is 12.4. The van der Waals surface area contributed by atoms with Gasteiger partial charge in [0.1, 0.15) is 17.2 Å². The Morgan fingerprint density at radius 1 is 1.15 bits per heavy atom. The van der Waals surface area contributed by atoms with Crippen LogP contribution in [0.5, 0.6) is 0 Å². The summed E-state index contributed by atoms with van der Waals surface area (Å²) in [7, 11) is 3.57. The maximum Gasteiger partial charge on any atom is 0.270 e. The SMILES string of the molecule is CN(C)C(=O)c1cc2cnc(Nc3ccc(C45CCC(CC6(CNC(=O)C6)C4)N5)cn3)nc2n1C1CCCC1. The van der Waals surface area contributed by atoms with Crippen molar-refractivity contribution in [1.82, 2.24) is 35.1 Å². The Labute approximate surface area is 228 Å². The van der Waals surface area contributed by atoms with Crippen LogP contribution in [-0.4, -0.2) is 62.9 Å². The van der Waals surface area contributed by atoms with E-state index in [1.165, 1.54) is 5.56 Å². The summed E-state index contributed by atoms with van der Waals surface area (Å²) in [4.78, 5) is 40.8. The molecule has 1 spiro atoms. The molecule has 10 heteroatoms. The Kier molecular flexibility index (Phi) is 5.66. The first-order valence-electron chi connectivity index (χ1n) is 14.2. The summed E-state index contributed by atoms with van der Waals surface area (Å²) in [5.74, 6) is 1.30. The third-order valence-electron chi connectivity index (χ3n) is 9.40. The van der Waals surface area contributed by atoms with Crippen LogP contribution in [0.4, 0.5) is 11.8 Å². The van der Waals surface area contributed by atoms with Crippen molar-refractivity contribution in [2.45, 2.75) is 75.4 Å². The van der Waals surface area contributed by atoms with Crippen molar-refractivity contribution in [2.75, 3.05) is 26.0 Å². The maximum absolute atomic E-state index is 13.0. The van der Waals surface area contributed by atoms with Crippen molar-refractivity contribution in [1.29, 1.82) is 0 Å². The summed E-state index contributed by atoms with van der Waals surface area (Å²) in [5, 5.41) is 11.1. The number of aromatic nitrogens is 4. The zero-order chi connectivity index (χ0) is 26.8. The number of nitrogens with zero attached hydrogens (tertiary/aromatic N) is 5. The van der Waals surface area contributed by atoms with Crippen LogP contribution in [0.1, 0.15) is 79.9 Å². The van der Waals surface area contributed by atoms with Gasteiger partial charge in [-0.3, -0.25) is 9.59 Å². The predicted molar refractivity (Wildman–Crippen MR) is 148 cm³/mol. The Morgan fingerprint density at radius 3 is 2.72 bits per heavy atom. The van der Waals surface area contributed by atoms with Gasteiger partial charge in [0, 0.05) is 62.5 Å². The van der Waals surface area contributed by atoms with E-state index in [9.17, 15) is 9.59 Å². The molecular weight excluding hydrogens is 492 g/mol. The van der Waals surface area contributed by atoms with E-state index >= 15 is 0 Å².